The largest absolute Gasteiger partial charge is 0.495 e. The van der Waals surface area contributed by atoms with Gasteiger partial charge in [-0.3, -0.25) is 19.9 Å². The van der Waals surface area contributed by atoms with Crippen LogP contribution in [0.25, 0.3) is 0 Å². The Hall–Kier alpha value is -3.68. The quantitative estimate of drug-likeness (QED) is 0.458. The average Bonchev–Trinajstić information content (AvgIpc) is 2.93. The molecule has 1 aliphatic heterocycles. The van der Waals surface area contributed by atoms with Gasteiger partial charge in [0.2, 0.25) is 0 Å². The minimum absolute atomic E-state index is 0.0899. The first kappa shape index (κ1) is 20.1. The van der Waals surface area contributed by atoms with Crippen LogP contribution in [0.2, 0.25) is 0 Å². The highest BCUT2D eigenvalue weighted by atomic mass is 16.5. The number of hydrogen-bond acceptors (Lipinski definition) is 7. The summed E-state index contributed by atoms with van der Waals surface area (Å²) < 4.78 is 10.4. The zero-order valence-electron chi connectivity index (χ0n) is 16.3. The molecule has 0 aliphatic carbocycles. The molecule has 1 saturated heterocycles. The number of hydrogen-bond donors (Lipinski definition) is 1. The molecule has 0 aromatic heterocycles. The lowest BCUT2D eigenvalue weighted by molar-refractivity contribution is -0.147. The van der Waals surface area contributed by atoms with Crippen LogP contribution in [0.4, 0.5) is 11.4 Å². The number of rotatable bonds is 6. The molecule has 0 unspecified atom stereocenters. The molecule has 1 atom stereocenters. The predicted molar refractivity (Wildman–Crippen MR) is 108 cm³/mol. The summed E-state index contributed by atoms with van der Waals surface area (Å²) in [6.07, 6.45) is 0. The van der Waals surface area contributed by atoms with E-state index in [9.17, 15) is 14.4 Å². The summed E-state index contributed by atoms with van der Waals surface area (Å²) in [5, 5.41) is 4.14. The molecule has 29 heavy (non-hydrogen) atoms. The van der Waals surface area contributed by atoms with Crippen LogP contribution in [0.5, 0.6) is 5.75 Å². The number of nitrogens with one attached hydrogen (secondary N) is 1. The number of nitrogens with zero attached hydrogens (tertiary/aromatic N) is 2. The monoisotopic (exact) mass is 395 g/mol. The third-order valence-electron chi connectivity index (χ3n) is 4.60. The van der Waals surface area contributed by atoms with Crippen LogP contribution in [0.15, 0.2) is 59.7 Å². The summed E-state index contributed by atoms with van der Waals surface area (Å²) in [6, 6.07) is 15.4. The van der Waals surface area contributed by atoms with Crippen molar-refractivity contribution >= 4 is 34.7 Å². The van der Waals surface area contributed by atoms with Crippen LogP contribution in [0.3, 0.4) is 0 Å². The van der Waals surface area contributed by atoms with Crippen molar-refractivity contribution < 1.29 is 23.9 Å². The van der Waals surface area contributed by atoms with Gasteiger partial charge in [0.15, 0.2) is 11.3 Å². The Bertz CT molecular complexity index is 973. The van der Waals surface area contributed by atoms with E-state index in [1.54, 1.807) is 61.5 Å². The van der Waals surface area contributed by atoms with Crippen molar-refractivity contribution in [1.82, 2.24) is 0 Å². The van der Waals surface area contributed by atoms with Gasteiger partial charge in [-0.1, -0.05) is 30.3 Å². The fourth-order valence-corrected chi connectivity index (χ4v) is 3.16. The number of carbonyl (C=O) groups excluding carboxylic acids is 3. The van der Waals surface area contributed by atoms with Crippen molar-refractivity contribution in [3.05, 3.63) is 54.6 Å². The summed E-state index contributed by atoms with van der Waals surface area (Å²) in [5.74, 6) is -1.99. The van der Waals surface area contributed by atoms with Crippen LogP contribution in [-0.2, 0) is 19.1 Å². The SMILES string of the molecule is CCOC(=O)[C@@]1(C)/C(=N/Nc2ccccc2OC)C(=O)C(=O)N1c1ccccc1. The highest BCUT2D eigenvalue weighted by Gasteiger charge is 2.60. The number of benzene rings is 2. The van der Waals surface area contributed by atoms with Crippen molar-refractivity contribution in [2.45, 2.75) is 19.4 Å². The Morgan fingerprint density at radius 3 is 2.41 bits per heavy atom. The Morgan fingerprint density at radius 2 is 1.76 bits per heavy atom. The van der Waals surface area contributed by atoms with Crippen molar-refractivity contribution in [2.75, 3.05) is 24.0 Å². The molecule has 8 nitrogen and oxygen atoms in total. The summed E-state index contributed by atoms with van der Waals surface area (Å²) >= 11 is 0. The number of carbonyl (C=O) groups is 3. The molecule has 0 spiro atoms. The number of Topliss-reactive ketones (excluding diaryl/α,β-unsaturated/α-hetero) is 1. The Balaban J connectivity index is 2.10. The minimum Gasteiger partial charge on any atom is -0.495 e. The zero-order valence-corrected chi connectivity index (χ0v) is 16.3. The van der Waals surface area contributed by atoms with Gasteiger partial charge in [0.25, 0.3) is 5.78 Å². The van der Waals surface area contributed by atoms with Gasteiger partial charge in [-0.25, -0.2) is 4.79 Å². The molecule has 1 amide bonds. The summed E-state index contributed by atoms with van der Waals surface area (Å²) in [7, 11) is 1.50. The van der Waals surface area contributed by atoms with Crippen molar-refractivity contribution in [2.24, 2.45) is 5.10 Å². The maximum absolute atomic E-state index is 12.9. The molecule has 2 aromatic carbocycles. The van der Waals surface area contributed by atoms with Crippen molar-refractivity contribution in [1.29, 1.82) is 0 Å². The fraction of sp³-hybridized carbons (Fsp3) is 0.238. The first-order valence-electron chi connectivity index (χ1n) is 9.03. The first-order valence-corrected chi connectivity index (χ1v) is 9.03. The normalized spacial score (nSPS) is 20.1. The van der Waals surface area contributed by atoms with Crippen LogP contribution in [0, 0.1) is 0 Å². The molecule has 0 radical (unpaired) electrons. The van der Waals surface area contributed by atoms with Gasteiger partial charge >= 0.3 is 11.9 Å². The number of methoxy groups -OCH3 is 1. The number of ketones is 1. The maximum Gasteiger partial charge on any atom is 0.338 e. The molecule has 1 heterocycles. The van der Waals surface area contributed by atoms with Gasteiger partial charge in [0.05, 0.1) is 19.4 Å². The second kappa shape index (κ2) is 8.14. The second-order valence-electron chi connectivity index (χ2n) is 6.37. The summed E-state index contributed by atoms with van der Waals surface area (Å²) in [5.41, 5.74) is 1.63. The smallest absolute Gasteiger partial charge is 0.338 e. The predicted octanol–water partition coefficient (Wildman–Crippen LogP) is 2.40. The van der Waals surface area contributed by atoms with Crippen LogP contribution in [0.1, 0.15) is 13.8 Å². The third-order valence-corrected chi connectivity index (χ3v) is 4.60. The lowest BCUT2D eigenvalue weighted by atomic mass is 9.95. The van der Waals surface area contributed by atoms with E-state index in [0.29, 0.717) is 17.1 Å². The number of anilines is 2. The standard InChI is InChI=1S/C21H21N3O5/c1-4-29-20(27)21(2)18(23-22-15-12-8-9-13-16(15)28-3)17(25)19(26)24(21)14-10-6-5-7-11-14/h5-13,22H,4H2,1-3H3/b23-18+/t21-/m1/s1. The topological polar surface area (TPSA) is 97.3 Å². The van der Waals surface area contributed by atoms with Gasteiger partial charge in [-0.15, -0.1) is 0 Å². The molecule has 3 rings (SSSR count). The third kappa shape index (κ3) is 3.44. The minimum atomic E-state index is -1.72. The molecule has 2 aromatic rings. The van der Waals surface area contributed by atoms with E-state index in [1.807, 2.05) is 0 Å². The van der Waals surface area contributed by atoms with E-state index >= 15 is 0 Å². The molecule has 0 saturated carbocycles. The van der Waals surface area contributed by atoms with E-state index in [-0.39, 0.29) is 12.3 Å². The van der Waals surface area contributed by atoms with Gasteiger partial charge < -0.3 is 9.47 Å². The zero-order chi connectivity index (χ0) is 21.0. The Kier molecular flexibility index (Phi) is 5.63. The highest BCUT2D eigenvalue weighted by molar-refractivity contribution is 6.75. The van der Waals surface area contributed by atoms with E-state index in [4.69, 9.17) is 9.47 Å². The Morgan fingerprint density at radius 1 is 1.10 bits per heavy atom. The van der Waals surface area contributed by atoms with E-state index in [1.165, 1.54) is 14.0 Å². The average molecular weight is 395 g/mol. The molecule has 1 aliphatic rings. The van der Waals surface area contributed by atoms with Gasteiger partial charge in [-0.05, 0) is 38.1 Å². The van der Waals surface area contributed by atoms with Gasteiger partial charge in [0, 0.05) is 5.69 Å². The van der Waals surface area contributed by atoms with E-state index < -0.39 is 23.2 Å². The molecular weight excluding hydrogens is 374 g/mol. The van der Waals surface area contributed by atoms with Crippen LogP contribution in [-0.4, -0.2) is 42.6 Å². The second-order valence-corrected chi connectivity index (χ2v) is 6.37. The van der Waals surface area contributed by atoms with Crippen molar-refractivity contribution in [3.63, 3.8) is 0 Å². The Labute approximate surface area is 168 Å². The fourth-order valence-electron chi connectivity index (χ4n) is 3.16. The molecule has 1 fully saturated rings. The number of ether oxygens (including phenoxy) is 2. The lowest BCUT2D eigenvalue weighted by Crippen LogP contribution is -2.55. The van der Waals surface area contributed by atoms with Crippen LogP contribution >= 0.6 is 0 Å². The molecular formula is C21H21N3O5. The highest BCUT2D eigenvalue weighted by Crippen LogP contribution is 2.33. The summed E-state index contributed by atoms with van der Waals surface area (Å²) in [4.78, 5) is 39.6. The molecule has 1 N–H and O–H groups in total. The molecule has 0 bridgehead atoms. The van der Waals surface area contributed by atoms with Gasteiger partial charge in [0.1, 0.15) is 5.75 Å². The van der Waals surface area contributed by atoms with Gasteiger partial charge in [-0.2, -0.15) is 5.10 Å². The van der Waals surface area contributed by atoms with E-state index in [2.05, 4.69) is 10.5 Å². The first-order chi connectivity index (χ1) is 13.9. The number of esters is 1. The number of amides is 1. The van der Waals surface area contributed by atoms with E-state index in [0.717, 1.165) is 4.90 Å². The number of para-hydroxylation sites is 3. The van der Waals surface area contributed by atoms with Crippen molar-refractivity contribution in [3.8, 4) is 5.75 Å². The molecule has 8 heteroatoms. The summed E-state index contributed by atoms with van der Waals surface area (Å²) in [6.45, 7) is 3.19. The number of hydrazone groups is 1. The van der Waals surface area contributed by atoms with Crippen LogP contribution < -0.4 is 15.1 Å². The maximum atomic E-state index is 12.9. The lowest BCUT2D eigenvalue weighted by Gasteiger charge is -2.31. The molecule has 150 valence electrons.